The van der Waals surface area contributed by atoms with Crippen LogP contribution in [0.15, 0.2) is 54.6 Å². The first-order chi connectivity index (χ1) is 12.2. The van der Waals surface area contributed by atoms with Crippen molar-refractivity contribution in [3.05, 3.63) is 71.3 Å². The van der Waals surface area contributed by atoms with Gasteiger partial charge in [0.25, 0.3) is 0 Å². The molecule has 0 aliphatic carbocycles. The van der Waals surface area contributed by atoms with Gasteiger partial charge in [-0.15, -0.1) is 0 Å². The monoisotopic (exact) mass is 364 g/mol. The molecule has 1 amide bonds. The molecule has 0 heterocycles. The van der Waals surface area contributed by atoms with Gasteiger partial charge in [-0.05, 0) is 44.2 Å². The van der Waals surface area contributed by atoms with E-state index in [1.165, 1.54) is 12.1 Å². The van der Waals surface area contributed by atoms with Gasteiger partial charge < -0.3 is 5.32 Å². The number of amides is 1. The molecular formula is C20H23F3N2O. The van der Waals surface area contributed by atoms with Gasteiger partial charge in [0.1, 0.15) is 0 Å². The molecule has 0 aliphatic heterocycles. The number of hydrogen-bond donors (Lipinski definition) is 1. The van der Waals surface area contributed by atoms with E-state index in [0.29, 0.717) is 6.54 Å². The Kier molecular flexibility index (Phi) is 6.42. The van der Waals surface area contributed by atoms with Gasteiger partial charge in [0.15, 0.2) is 0 Å². The van der Waals surface area contributed by atoms with Crippen LogP contribution >= 0.6 is 0 Å². The second-order valence-corrected chi connectivity index (χ2v) is 6.43. The summed E-state index contributed by atoms with van der Waals surface area (Å²) in [5, 5.41) is 2.96. The maximum atomic E-state index is 12.6. The summed E-state index contributed by atoms with van der Waals surface area (Å²) in [7, 11) is 1.77. The molecule has 0 spiro atoms. The predicted octanol–water partition coefficient (Wildman–Crippen LogP) is 4.40. The highest BCUT2D eigenvalue weighted by molar-refractivity contribution is 5.81. The number of rotatable bonds is 6. The Hall–Kier alpha value is -2.34. The normalized spacial score (nSPS) is 14.1. The number of likely N-dealkylation sites (N-methyl/N-ethyl adjacent to an activating group) is 1. The molecule has 2 aromatic carbocycles. The van der Waals surface area contributed by atoms with E-state index >= 15 is 0 Å². The molecule has 1 N–H and O–H groups in total. The standard InChI is InChI=1S/C20H23F3N2O/c1-14(17-7-5-4-6-8-17)24-19(26)15(2)25(3)13-16-9-11-18(12-10-16)20(21,22)23/h4-12,14-15H,13H2,1-3H3,(H,24,26). The minimum absolute atomic E-state index is 0.120. The molecule has 0 saturated heterocycles. The lowest BCUT2D eigenvalue weighted by Crippen LogP contribution is -2.43. The molecule has 0 fully saturated rings. The van der Waals surface area contributed by atoms with Crippen molar-refractivity contribution in [1.82, 2.24) is 10.2 Å². The Morgan fingerprint density at radius 1 is 1.04 bits per heavy atom. The number of benzene rings is 2. The molecule has 2 aromatic rings. The third-order valence-corrected chi connectivity index (χ3v) is 4.41. The van der Waals surface area contributed by atoms with Crippen molar-refractivity contribution in [2.45, 2.75) is 38.7 Å². The molecule has 0 bridgehead atoms. The summed E-state index contributed by atoms with van der Waals surface area (Å²) in [6, 6.07) is 14.1. The van der Waals surface area contributed by atoms with Crippen molar-refractivity contribution in [3.63, 3.8) is 0 Å². The highest BCUT2D eigenvalue weighted by atomic mass is 19.4. The summed E-state index contributed by atoms with van der Waals surface area (Å²) >= 11 is 0. The molecule has 0 radical (unpaired) electrons. The Morgan fingerprint density at radius 2 is 1.62 bits per heavy atom. The van der Waals surface area contributed by atoms with Crippen LogP contribution in [0.4, 0.5) is 13.2 Å². The SMILES string of the molecule is CC(NC(=O)C(C)N(C)Cc1ccc(C(F)(F)F)cc1)c1ccccc1. The Bertz CT molecular complexity index is 714. The molecular weight excluding hydrogens is 341 g/mol. The number of carbonyl (C=O) groups is 1. The lowest BCUT2D eigenvalue weighted by atomic mass is 10.1. The number of hydrogen-bond acceptors (Lipinski definition) is 2. The number of carbonyl (C=O) groups excluding carboxylic acids is 1. The zero-order chi connectivity index (χ0) is 19.3. The average Bonchev–Trinajstić information content (AvgIpc) is 2.61. The van der Waals surface area contributed by atoms with Gasteiger partial charge in [0, 0.05) is 6.54 Å². The van der Waals surface area contributed by atoms with E-state index in [4.69, 9.17) is 0 Å². The summed E-state index contributed by atoms with van der Waals surface area (Å²) in [6.45, 7) is 4.07. The second-order valence-electron chi connectivity index (χ2n) is 6.43. The number of halogens is 3. The smallest absolute Gasteiger partial charge is 0.348 e. The summed E-state index contributed by atoms with van der Waals surface area (Å²) in [4.78, 5) is 14.2. The summed E-state index contributed by atoms with van der Waals surface area (Å²) in [5.74, 6) is -0.129. The van der Waals surface area contributed by atoms with Gasteiger partial charge >= 0.3 is 6.18 Å². The first kappa shape index (κ1) is 20.0. The van der Waals surface area contributed by atoms with Crippen molar-refractivity contribution in [2.75, 3.05) is 7.05 Å². The van der Waals surface area contributed by atoms with Gasteiger partial charge in [0.05, 0.1) is 17.6 Å². The van der Waals surface area contributed by atoms with Crippen molar-refractivity contribution >= 4 is 5.91 Å². The van der Waals surface area contributed by atoms with Crippen LogP contribution in [0.2, 0.25) is 0 Å². The first-order valence-electron chi connectivity index (χ1n) is 8.40. The van der Waals surface area contributed by atoms with E-state index in [2.05, 4.69) is 5.32 Å². The molecule has 140 valence electrons. The molecule has 0 aliphatic rings. The van der Waals surface area contributed by atoms with Crippen LogP contribution in [-0.2, 0) is 17.5 Å². The molecule has 0 saturated carbocycles. The van der Waals surface area contributed by atoms with E-state index in [9.17, 15) is 18.0 Å². The summed E-state index contributed by atoms with van der Waals surface area (Å²) in [6.07, 6.45) is -4.34. The van der Waals surface area contributed by atoms with E-state index in [-0.39, 0.29) is 11.9 Å². The molecule has 3 nitrogen and oxygen atoms in total. The molecule has 2 rings (SSSR count). The summed E-state index contributed by atoms with van der Waals surface area (Å²) in [5.41, 5.74) is 1.06. The minimum atomic E-state index is -4.34. The van der Waals surface area contributed by atoms with Gasteiger partial charge in [0.2, 0.25) is 5.91 Å². The number of alkyl halides is 3. The fourth-order valence-electron chi connectivity index (χ4n) is 2.58. The fraction of sp³-hybridized carbons (Fsp3) is 0.350. The predicted molar refractivity (Wildman–Crippen MR) is 95.4 cm³/mol. The van der Waals surface area contributed by atoms with Crippen LogP contribution < -0.4 is 5.32 Å². The quantitative estimate of drug-likeness (QED) is 0.824. The second kappa shape index (κ2) is 8.36. The average molecular weight is 364 g/mol. The van der Waals surface area contributed by atoms with Gasteiger partial charge in [-0.1, -0.05) is 42.5 Å². The highest BCUT2D eigenvalue weighted by Gasteiger charge is 2.30. The summed E-state index contributed by atoms with van der Waals surface area (Å²) < 4.78 is 37.8. The maximum absolute atomic E-state index is 12.6. The number of nitrogens with one attached hydrogen (secondary N) is 1. The molecule has 2 atom stereocenters. The van der Waals surface area contributed by atoms with Crippen molar-refractivity contribution < 1.29 is 18.0 Å². The number of nitrogens with zero attached hydrogens (tertiary/aromatic N) is 1. The van der Waals surface area contributed by atoms with Crippen molar-refractivity contribution in [2.24, 2.45) is 0 Å². The van der Waals surface area contributed by atoms with Crippen molar-refractivity contribution in [3.8, 4) is 0 Å². The highest BCUT2D eigenvalue weighted by Crippen LogP contribution is 2.29. The topological polar surface area (TPSA) is 32.3 Å². The van der Waals surface area contributed by atoms with E-state index in [1.807, 2.05) is 37.3 Å². The Morgan fingerprint density at radius 3 is 2.15 bits per heavy atom. The molecule has 26 heavy (non-hydrogen) atoms. The van der Waals surface area contributed by atoms with Crippen LogP contribution in [0, 0.1) is 0 Å². The minimum Gasteiger partial charge on any atom is -0.348 e. The molecule has 2 unspecified atom stereocenters. The molecule has 0 aromatic heterocycles. The van der Waals surface area contributed by atoms with Crippen LogP contribution in [0.25, 0.3) is 0 Å². The first-order valence-corrected chi connectivity index (χ1v) is 8.40. The van der Waals surface area contributed by atoms with Crippen LogP contribution in [0.3, 0.4) is 0 Å². The van der Waals surface area contributed by atoms with Gasteiger partial charge in [-0.3, -0.25) is 9.69 Å². The van der Waals surface area contributed by atoms with Crippen LogP contribution in [0.1, 0.15) is 36.6 Å². The van der Waals surface area contributed by atoms with Crippen LogP contribution in [-0.4, -0.2) is 23.9 Å². The molecule has 6 heteroatoms. The Labute approximate surface area is 151 Å². The lowest BCUT2D eigenvalue weighted by molar-refractivity contribution is -0.137. The zero-order valence-electron chi connectivity index (χ0n) is 15.0. The van der Waals surface area contributed by atoms with E-state index in [0.717, 1.165) is 23.3 Å². The zero-order valence-corrected chi connectivity index (χ0v) is 15.0. The van der Waals surface area contributed by atoms with E-state index < -0.39 is 17.8 Å². The third-order valence-electron chi connectivity index (χ3n) is 4.41. The van der Waals surface area contributed by atoms with Crippen LogP contribution in [0.5, 0.6) is 0 Å². The lowest BCUT2D eigenvalue weighted by Gasteiger charge is -2.26. The third kappa shape index (κ3) is 5.33. The largest absolute Gasteiger partial charge is 0.416 e. The fourth-order valence-corrected chi connectivity index (χ4v) is 2.58. The van der Waals surface area contributed by atoms with Crippen molar-refractivity contribution in [1.29, 1.82) is 0 Å². The maximum Gasteiger partial charge on any atom is 0.416 e. The Balaban J connectivity index is 1.94. The van der Waals surface area contributed by atoms with Gasteiger partial charge in [-0.2, -0.15) is 13.2 Å². The van der Waals surface area contributed by atoms with E-state index in [1.54, 1.807) is 18.9 Å². The van der Waals surface area contributed by atoms with Gasteiger partial charge in [-0.25, -0.2) is 0 Å².